The Morgan fingerprint density at radius 2 is 2.04 bits per heavy atom. The number of carboxylic acids is 1. The van der Waals surface area contributed by atoms with Gasteiger partial charge in [0.05, 0.1) is 18.8 Å². The summed E-state index contributed by atoms with van der Waals surface area (Å²) in [6, 6.07) is 0.889. The number of aromatic nitrogens is 2. The summed E-state index contributed by atoms with van der Waals surface area (Å²) in [4.78, 5) is 25.5. The molecule has 0 radical (unpaired) electrons. The Morgan fingerprint density at radius 3 is 2.61 bits per heavy atom. The number of hydrogen-bond donors (Lipinski definition) is 1. The number of ether oxygens (including phenoxy) is 1. The smallest absolute Gasteiger partial charge is 0.328 e. The van der Waals surface area contributed by atoms with E-state index in [1.165, 1.54) is 4.90 Å². The summed E-state index contributed by atoms with van der Waals surface area (Å²) in [7, 11) is 0. The van der Waals surface area contributed by atoms with Crippen molar-refractivity contribution in [1.82, 2.24) is 14.7 Å². The molecule has 1 amide bonds. The highest BCUT2D eigenvalue weighted by molar-refractivity contribution is 5.95. The van der Waals surface area contributed by atoms with Crippen molar-refractivity contribution in [2.45, 2.75) is 51.1 Å². The highest BCUT2D eigenvalue weighted by Gasteiger charge is 2.37. The van der Waals surface area contributed by atoms with E-state index in [0.717, 1.165) is 18.5 Å². The van der Waals surface area contributed by atoms with Crippen LogP contribution in [-0.2, 0) is 15.1 Å². The molecule has 1 aliphatic carbocycles. The quantitative estimate of drug-likeness (QED) is 0.910. The molecule has 23 heavy (non-hydrogen) atoms. The number of carbonyl (C=O) groups excluding carboxylic acids is 1. The molecule has 3 rings (SSSR count). The van der Waals surface area contributed by atoms with Crippen LogP contribution in [0, 0.1) is 0 Å². The molecule has 1 aromatic rings. The van der Waals surface area contributed by atoms with Crippen LogP contribution in [0.1, 0.15) is 55.7 Å². The van der Waals surface area contributed by atoms with Gasteiger partial charge in [-0.05, 0) is 39.7 Å². The molecule has 1 unspecified atom stereocenters. The van der Waals surface area contributed by atoms with Gasteiger partial charge in [0.2, 0.25) is 0 Å². The van der Waals surface area contributed by atoms with Crippen molar-refractivity contribution in [1.29, 1.82) is 0 Å². The molecule has 0 bridgehead atoms. The molecule has 0 spiro atoms. The van der Waals surface area contributed by atoms with E-state index in [9.17, 15) is 14.7 Å². The fraction of sp³-hybridized carbons (Fsp3) is 0.688. The topological polar surface area (TPSA) is 84.7 Å². The predicted molar refractivity (Wildman–Crippen MR) is 82.5 cm³/mol. The van der Waals surface area contributed by atoms with Gasteiger partial charge >= 0.3 is 5.97 Å². The second-order valence-electron chi connectivity index (χ2n) is 7.24. The molecular formula is C16H23N3O4. The Morgan fingerprint density at radius 1 is 1.35 bits per heavy atom. The largest absolute Gasteiger partial charge is 0.480 e. The molecule has 126 valence electrons. The summed E-state index contributed by atoms with van der Waals surface area (Å²) in [6.07, 6.45) is 2.23. The first-order chi connectivity index (χ1) is 10.8. The van der Waals surface area contributed by atoms with Crippen LogP contribution < -0.4 is 0 Å². The third-order valence-corrected chi connectivity index (χ3v) is 4.26. The van der Waals surface area contributed by atoms with Crippen LogP contribution in [0.25, 0.3) is 0 Å². The lowest BCUT2D eigenvalue weighted by atomic mass is 10.1. The molecule has 0 aromatic carbocycles. The maximum absolute atomic E-state index is 12.8. The Bertz CT molecular complexity index is 628. The predicted octanol–water partition coefficient (Wildman–Crippen LogP) is 1.44. The highest BCUT2D eigenvalue weighted by atomic mass is 16.5. The van der Waals surface area contributed by atoms with E-state index in [4.69, 9.17) is 4.74 Å². The lowest BCUT2D eigenvalue weighted by molar-refractivity contribution is -0.147. The molecule has 2 aliphatic rings. The Balaban J connectivity index is 1.91. The number of morpholine rings is 1. The fourth-order valence-electron chi connectivity index (χ4n) is 2.91. The van der Waals surface area contributed by atoms with Crippen molar-refractivity contribution in [3.8, 4) is 0 Å². The minimum Gasteiger partial charge on any atom is -0.480 e. The average molecular weight is 321 g/mol. The first-order valence-corrected chi connectivity index (χ1v) is 8.01. The lowest BCUT2D eigenvalue weighted by Gasteiger charge is -2.32. The van der Waals surface area contributed by atoms with Crippen LogP contribution in [0.15, 0.2) is 6.07 Å². The zero-order valence-electron chi connectivity index (χ0n) is 13.8. The summed E-state index contributed by atoms with van der Waals surface area (Å²) in [5.41, 5.74) is 1.18. The van der Waals surface area contributed by atoms with E-state index >= 15 is 0 Å². The van der Waals surface area contributed by atoms with Gasteiger partial charge in [0.25, 0.3) is 5.91 Å². The number of amides is 1. The summed E-state index contributed by atoms with van der Waals surface area (Å²) < 4.78 is 7.10. The second-order valence-corrected chi connectivity index (χ2v) is 7.24. The second kappa shape index (κ2) is 5.63. The number of carbonyl (C=O) groups is 2. The van der Waals surface area contributed by atoms with E-state index in [1.54, 1.807) is 0 Å². The average Bonchev–Trinajstić information content (AvgIpc) is 3.23. The van der Waals surface area contributed by atoms with Crippen molar-refractivity contribution in [3.63, 3.8) is 0 Å². The summed E-state index contributed by atoms with van der Waals surface area (Å²) in [5, 5.41) is 13.8. The third-order valence-electron chi connectivity index (χ3n) is 4.26. The van der Waals surface area contributed by atoms with E-state index in [0.29, 0.717) is 18.2 Å². The Hall–Kier alpha value is -1.89. The van der Waals surface area contributed by atoms with Crippen LogP contribution >= 0.6 is 0 Å². The molecule has 7 heteroatoms. The van der Waals surface area contributed by atoms with Gasteiger partial charge in [0.15, 0.2) is 11.7 Å². The summed E-state index contributed by atoms with van der Waals surface area (Å²) in [6.45, 7) is 6.80. The van der Waals surface area contributed by atoms with Gasteiger partial charge in [0.1, 0.15) is 0 Å². The molecule has 1 saturated carbocycles. The van der Waals surface area contributed by atoms with E-state index in [-0.39, 0.29) is 24.6 Å². The van der Waals surface area contributed by atoms with Crippen molar-refractivity contribution in [2.75, 3.05) is 19.8 Å². The SMILES string of the molecule is CC(C)(C)n1nc(C(=O)N2CCOCC2C(=O)O)cc1C1CC1. The molecule has 2 heterocycles. The number of hydrogen-bond acceptors (Lipinski definition) is 4. The van der Waals surface area contributed by atoms with Gasteiger partial charge < -0.3 is 14.7 Å². The van der Waals surface area contributed by atoms with E-state index in [2.05, 4.69) is 25.9 Å². The molecule has 1 aliphatic heterocycles. The number of carboxylic acid groups (broad SMARTS) is 1. The van der Waals surface area contributed by atoms with Crippen LogP contribution in [-0.4, -0.2) is 57.5 Å². The van der Waals surface area contributed by atoms with Gasteiger partial charge in [-0.25, -0.2) is 4.79 Å². The zero-order chi connectivity index (χ0) is 16.8. The molecule has 1 N–H and O–H groups in total. The van der Waals surface area contributed by atoms with Crippen LogP contribution in [0.3, 0.4) is 0 Å². The van der Waals surface area contributed by atoms with Gasteiger partial charge in [-0.2, -0.15) is 5.10 Å². The minimum absolute atomic E-state index is 0.0243. The number of rotatable bonds is 3. The van der Waals surface area contributed by atoms with Gasteiger partial charge in [-0.1, -0.05) is 0 Å². The van der Waals surface area contributed by atoms with Gasteiger partial charge in [-0.15, -0.1) is 0 Å². The third kappa shape index (κ3) is 3.10. The molecule has 7 nitrogen and oxygen atoms in total. The molecule has 1 aromatic heterocycles. The molecule has 1 saturated heterocycles. The summed E-state index contributed by atoms with van der Waals surface area (Å²) >= 11 is 0. The first-order valence-electron chi connectivity index (χ1n) is 8.01. The van der Waals surface area contributed by atoms with Crippen molar-refractivity contribution in [3.05, 3.63) is 17.5 Å². The maximum Gasteiger partial charge on any atom is 0.328 e. The zero-order valence-corrected chi connectivity index (χ0v) is 13.8. The fourth-order valence-corrected chi connectivity index (χ4v) is 2.91. The van der Waals surface area contributed by atoms with Crippen LogP contribution in [0.4, 0.5) is 0 Å². The standard InChI is InChI=1S/C16H23N3O4/c1-16(2,3)19-12(10-4-5-10)8-11(17-19)14(20)18-6-7-23-9-13(18)15(21)22/h8,10,13H,4-7,9H2,1-3H3,(H,21,22). The highest BCUT2D eigenvalue weighted by Crippen LogP contribution is 2.41. The summed E-state index contributed by atoms with van der Waals surface area (Å²) in [5.74, 6) is -0.912. The van der Waals surface area contributed by atoms with E-state index < -0.39 is 12.0 Å². The first kappa shape index (κ1) is 16.0. The minimum atomic E-state index is -1.05. The lowest BCUT2D eigenvalue weighted by Crippen LogP contribution is -2.52. The van der Waals surface area contributed by atoms with Crippen molar-refractivity contribution >= 4 is 11.9 Å². The Labute approximate surface area is 135 Å². The number of nitrogens with zero attached hydrogens (tertiary/aromatic N) is 3. The van der Waals surface area contributed by atoms with E-state index in [1.807, 2.05) is 10.7 Å². The van der Waals surface area contributed by atoms with Gasteiger partial charge in [0, 0.05) is 18.2 Å². The van der Waals surface area contributed by atoms with Crippen LogP contribution in [0.2, 0.25) is 0 Å². The Kier molecular flexibility index (Phi) is 3.91. The van der Waals surface area contributed by atoms with Crippen LogP contribution in [0.5, 0.6) is 0 Å². The van der Waals surface area contributed by atoms with Gasteiger partial charge in [-0.3, -0.25) is 9.48 Å². The van der Waals surface area contributed by atoms with Crippen molar-refractivity contribution in [2.24, 2.45) is 0 Å². The molecular weight excluding hydrogens is 298 g/mol. The van der Waals surface area contributed by atoms with Crippen molar-refractivity contribution < 1.29 is 19.4 Å². The monoisotopic (exact) mass is 321 g/mol. The molecule has 2 fully saturated rings. The normalized spacial score (nSPS) is 22.2. The number of aliphatic carboxylic acids is 1. The maximum atomic E-state index is 12.8. The molecule has 1 atom stereocenters.